The van der Waals surface area contributed by atoms with Gasteiger partial charge in [0.15, 0.2) is 9.84 Å². The van der Waals surface area contributed by atoms with Gasteiger partial charge in [-0.1, -0.05) is 12.8 Å². The Hall–Kier alpha value is -1.74. The lowest BCUT2D eigenvalue weighted by molar-refractivity contribution is -0.396. The summed E-state index contributed by atoms with van der Waals surface area (Å²) in [6.07, 6.45) is 2.33. The molecule has 2 rings (SSSR count). The molecular formula is C12H13ClN2O6S. The quantitative estimate of drug-likeness (QED) is 0.468. The van der Waals surface area contributed by atoms with Crippen molar-refractivity contribution in [3.8, 4) is 0 Å². The lowest BCUT2D eigenvalue weighted by Gasteiger charge is -2.26. The van der Waals surface area contributed by atoms with Crippen LogP contribution in [0.3, 0.4) is 0 Å². The largest absolute Gasteiger partial charge is 0.294 e. The van der Waals surface area contributed by atoms with Crippen molar-refractivity contribution in [1.29, 1.82) is 0 Å². The zero-order chi connectivity index (χ0) is 16.5. The summed E-state index contributed by atoms with van der Waals surface area (Å²) in [5.74, 6) is 0. The molecule has 0 heterocycles. The minimum atomic E-state index is -4.03. The van der Waals surface area contributed by atoms with Gasteiger partial charge in [0.25, 0.3) is 11.4 Å². The summed E-state index contributed by atoms with van der Waals surface area (Å²) < 4.78 is 25.3. The van der Waals surface area contributed by atoms with Crippen molar-refractivity contribution in [1.82, 2.24) is 0 Å². The molecule has 1 saturated carbocycles. The Labute approximate surface area is 131 Å². The van der Waals surface area contributed by atoms with E-state index in [0.29, 0.717) is 25.3 Å². The number of nitro benzene ring substituents is 2. The molecule has 120 valence electrons. The Morgan fingerprint density at radius 3 is 2.27 bits per heavy atom. The molecule has 0 spiro atoms. The highest BCUT2D eigenvalue weighted by Crippen LogP contribution is 2.36. The van der Waals surface area contributed by atoms with Gasteiger partial charge in [-0.2, -0.15) is 0 Å². The van der Waals surface area contributed by atoms with Crippen molar-refractivity contribution in [3.05, 3.63) is 38.4 Å². The Bertz CT molecular complexity index is 720. The molecule has 1 aliphatic rings. The molecule has 2 unspecified atom stereocenters. The van der Waals surface area contributed by atoms with E-state index in [-0.39, 0.29) is 0 Å². The summed E-state index contributed by atoms with van der Waals surface area (Å²) in [5, 5.41) is 20.3. The van der Waals surface area contributed by atoms with E-state index < -0.39 is 46.6 Å². The molecule has 8 nitrogen and oxygen atoms in total. The molecule has 0 saturated heterocycles. The van der Waals surface area contributed by atoms with Gasteiger partial charge in [0.05, 0.1) is 26.5 Å². The second-order valence-electron chi connectivity index (χ2n) is 5.05. The van der Waals surface area contributed by atoms with E-state index in [9.17, 15) is 28.6 Å². The molecule has 2 atom stereocenters. The lowest BCUT2D eigenvalue weighted by atomic mass is 10.00. The predicted molar refractivity (Wildman–Crippen MR) is 78.8 cm³/mol. The number of nitro groups is 2. The zero-order valence-electron chi connectivity index (χ0n) is 11.3. The van der Waals surface area contributed by atoms with Crippen LogP contribution in [-0.2, 0) is 9.84 Å². The third kappa shape index (κ3) is 3.05. The van der Waals surface area contributed by atoms with Gasteiger partial charge >= 0.3 is 0 Å². The summed E-state index contributed by atoms with van der Waals surface area (Å²) >= 11 is 6.07. The van der Waals surface area contributed by atoms with Crippen LogP contribution < -0.4 is 0 Å². The number of non-ortho nitro benzene ring substituents is 1. The van der Waals surface area contributed by atoms with Gasteiger partial charge in [0.2, 0.25) is 0 Å². The van der Waals surface area contributed by atoms with Gasteiger partial charge in [-0.15, -0.1) is 11.6 Å². The number of hydrogen-bond acceptors (Lipinski definition) is 6. The number of rotatable bonds is 4. The van der Waals surface area contributed by atoms with Gasteiger partial charge in [0.1, 0.15) is 4.90 Å². The first-order valence-corrected chi connectivity index (χ1v) is 8.54. The number of benzene rings is 1. The molecule has 1 fully saturated rings. The number of halogens is 1. The van der Waals surface area contributed by atoms with Crippen molar-refractivity contribution < 1.29 is 18.3 Å². The van der Waals surface area contributed by atoms with Crippen LogP contribution in [-0.4, -0.2) is 28.9 Å². The summed E-state index contributed by atoms with van der Waals surface area (Å²) in [5.41, 5.74) is -1.32. The highest BCUT2D eigenvalue weighted by molar-refractivity contribution is 7.92. The van der Waals surface area contributed by atoms with E-state index in [0.717, 1.165) is 18.6 Å². The fraction of sp³-hybridized carbons (Fsp3) is 0.500. The minimum absolute atomic E-state index is 0.324. The van der Waals surface area contributed by atoms with Crippen LogP contribution >= 0.6 is 11.6 Å². The summed E-state index contributed by atoms with van der Waals surface area (Å²) in [6.45, 7) is 0. The van der Waals surface area contributed by atoms with E-state index in [1.807, 2.05) is 0 Å². The standard InChI is InChI=1S/C12H13ClN2O6S/c13-9-3-1-2-4-11(9)22(20,21)12-6-5-8(14(16)17)7-10(12)15(18)19/h5-7,9,11H,1-4H2. The molecule has 0 bridgehead atoms. The van der Waals surface area contributed by atoms with Crippen LogP contribution in [0.15, 0.2) is 23.1 Å². The average Bonchev–Trinajstić information content (AvgIpc) is 2.46. The van der Waals surface area contributed by atoms with E-state index in [1.54, 1.807) is 0 Å². The zero-order valence-corrected chi connectivity index (χ0v) is 12.9. The van der Waals surface area contributed by atoms with Crippen molar-refractivity contribution >= 4 is 32.8 Å². The highest BCUT2D eigenvalue weighted by Gasteiger charge is 2.39. The summed E-state index contributed by atoms with van der Waals surface area (Å²) in [7, 11) is -4.03. The third-order valence-electron chi connectivity index (χ3n) is 3.68. The first-order chi connectivity index (χ1) is 10.2. The second kappa shape index (κ2) is 6.17. The summed E-state index contributed by atoms with van der Waals surface area (Å²) in [4.78, 5) is 19.5. The fourth-order valence-electron chi connectivity index (χ4n) is 2.57. The van der Waals surface area contributed by atoms with E-state index in [4.69, 9.17) is 11.6 Å². The first-order valence-electron chi connectivity index (χ1n) is 6.56. The maximum atomic E-state index is 12.6. The van der Waals surface area contributed by atoms with E-state index in [1.165, 1.54) is 0 Å². The fourth-order valence-corrected chi connectivity index (χ4v) is 5.26. The molecule has 0 amide bonds. The topological polar surface area (TPSA) is 120 Å². The van der Waals surface area contributed by atoms with Crippen LogP contribution in [0.1, 0.15) is 25.7 Å². The maximum absolute atomic E-state index is 12.6. The van der Waals surface area contributed by atoms with E-state index in [2.05, 4.69) is 0 Å². The van der Waals surface area contributed by atoms with Gasteiger partial charge < -0.3 is 0 Å². The Morgan fingerprint density at radius 2 is 1.73 bits per heavy atom. The molecule has 1 aromatic carbocycles. The first kappa shape index (κ1) is 16.6. The predicted octanol–water partition coefficient (Wildman–Crippen LogP) is 2.83. The van der Waals surface area contributed by atoms with Crippen molar-refractivity contribution in [3.63, 3.8) is 0 Å². The van der Waals surface area contributed by atoms with E-state index >= 15 is 0 Å². The van der Waals surface area contributed by atoms with Gasteiger partial charge in [-0.05, 0) is 18.9 Å². The van der Waals surface area contributed by atoms with Crippen LogP contribution in [0.25, 0.3) is 0 Å². The van der Waals surface area contributed by atoms with Crippen molar-refractivity contribution in [2.75, 3.05) is 0 Å². The summed E-state index contributed by atoms with van der Waals surface area (Å²) in [6, 6.07) is 2.54. The molecule has 0 aromatic heterocycles. The number of nitrogens with zero attached hydrogens (tertiary/aromatic N) is 2. The van der Waals surface area contributed by atoms with Gasteiger partial charge in [0, 0.05) is 6.07 Å². The molecule has 0 aliphatic heterocycles. The van der Waals surface area contributed by atoms with Crippen LogP contribution in [0, 0.1) is 20.2 Å². The second-order valence-corrected chi connectivity index (χ2v) is 7.75. The van der Waals surface area contributed by atoms with Crippen molar-refractivity contribution in [2.24, 2.45) is 0 Å². The highest BCUT2D eigenvalue weighted by atomic mass is 35.5. The third-order valence-corrected chi connectivity index (χ3v) is 6.67. The Balaban J connectivity index is 2.55. The average molecular weight is 349 g/mol. The Kier molecular flexibility index (Phi) is 4.66. The molecule has 1 aromatic rings. The smallest absolute Gasteiger partial charge is 0.258 e. The lowest BCUT2D eigenvalue weighted by Crippen LogP contribution is -2.34. The van der Waals surface area contributed by atoms with Crippen LogP contribution in [0.4, 0.5) is 11.4 Å². The molecule has 1 aliphatic carbocycles. The molecule has 10 heteroatoms. The number of hydrogen-bond donors (Lipinski definition) is 0. The van der Waals surface area contributed by atoms with Crippen molar-refractivity contribution in [2.45, 2.75) is 41.2 Å². The monoisotopic (exact) mass is 348 g/mol. The molecule has 0 N–H and O–H groups in total. The minimum Gasteiger partial charge on any atom is -0.258 e. The van der Waals surface area contributed by atoms with Crippen LogP contribution in [0.5, 0.6) is 0 Å². The maximum Gasteiger partial charge on any atom is 0.294 e. The molecule has 22 heavy (non-hydrogen) atoms. The SMILES string of the molecule is O=[N+]([O-])c1ccc(S(=O)(=O)C2CCCCC2Cl)c([N+](=O)[O-])c1. The van der Waals surface area contributed by atoms with Gasteiger partial charge in [-0.25, -0.2) is 8.42 Å². The molecule has 0 radical (unpaired) electrons. The Morgan fingerprint density at radius 1 is 1.09 bits per heavy atom. The number of alkyl halides is 1. The molecular weight excluding hydrogens is 336 g/mol. The normalized spacial score (nSPS) is 22.2. The number of sulfone groups is 1. The van der Waals surface area contributed by atoms with Crippen LogP contribution in [0.2, 0.25) is 0 Å². The van der Waals surface area contributed by atoms with Gasteiger partial charge in [-0.3, -0.25) is 20.2 Å².